The van der Waals surface area contributed by atoms with Crippen molar-refractivity contribution >= 4 is 10.2 Å². The number of hydrogen-bond donors (Lipinski definition) is 0. The SMILES string of the molecule is O=S(=O)(F)CCCC1CCOCC1. The van der Waals surface area contributed by atoms with E-state index in [1.165, 1.54) is 0 Å². The molecule has 13 heavy (non-hydrogen) atoms. The molecule has 5 heteroatoms. The topological polar surface area (TPSA) is 43.4 Å². The minimum absolute atomic E-state index is 0.329. The fraction of sp³-hybridized carbons (Fsp3) is 1.00. The Balaban J connectivity index is 2.11. The minimum atomic E-state index is -4.26. The highest BCUT2D eigenvalue weighted by Gasteiger charge is 2.15. The molecule has 3 nitrogen and oxygen atoms in total. The second-order valence-corrected chi connectivity index (χ2v) is 4.93. The Labute approximate surface area is 78.5 Å². The highest BCUT2D eigenvalue weighted by molar-refractivity contribution is 7.86. The Morgan fingerprint density at radius 1 is 1.31 bits per heavy atom. The van der Waals surface area contributed by atoms with E-state index in [1.54, 1.807) is 0 Å². The molecule has 0 aliphatic carbocycles. The molecule has 1 aliphatic heterocycles. The van der Waals surface area contributed by atoms with Crippen molar-refractivity contribution in [3.05, 3.63) is 0 Å². The van der Waals surface area contributed by atoms with Crippen LogP contribution >= 0.6 is 0 Å². The summed E-state index contributed by atoms with van der Waals surface area (Å²) in [4.78, 5) is 0. The van der Waals surface area contributed by atoms with Gasteiger partial charge in [0.1, 0.15) is 0 Å². The van der Waals surface area contributed by atoms with Gasteiger partial charge in [0, 0.05) is 13.2 Å². The summed E-state index contributed by atoms with van der Waals surface area (Å²) in [6.07, 6.45) is 3.19. The van der Waals surface area contributed by atoms with Crippen LogP contribution in [0.1, 0.15) is 25.7 Å². The number of hydrogen-bond acceptors (Lipinski definition) is 3. The number of halogens is 1. The van der Waals surface area contributed by atoms with Crippen LogP contribution in [-0.2, 0) is 15.0 Å². The van der Waals surface area contributed by atoms with Crippen LogP contribution in [-0.4, -0.2) is 27.4 Å². The lowest BCUT2D eigenvalue weighted by molar-refractivity contribution is 0.0638. The van der Waals surface area contributed by atoms with E-state index in [0.29, 0.717) is 12.3 Å². The lowest BCUT2D eigenvalue weighted by atomic mass is 9.95. The maximum Gasteiger partial charge on any atom is 0.302 e. The summed E-state index contributed by atoms with van der Waals surface area (Å²) in [6.45, 7) is 1.51. The Morgan fingerprint density at radius 2 is 1.92 bits per heavy atom. The van der Waals surface area contributed by atoms with Gasteiger partial charge >= 0.3 is 10.2 Å². The van der Waals surface area contributed by atoms with E-state index in [4.69, 9.17) is 4.74 Å². The van der Waals surface area contributed by atoms with Crippen LogP contribution in [0.2, 0.25) is 0 Å². The summed E-state index contributed by atoms with van der Waals surface area (Å²) in [5.41, 5.74) is 0. The van der Waals surface area contributed by atoms with E-state index in [1.807, 2.05) is 0 Å². The normalized spacial score (nSPS) is 20.4. The molecule has 0 spiro atoms. The van der Waals surface area contributed by atoms with Gasteiger partial charge in [0.15, 0.2) is 0 Å². The van der Waals surface area contributed by atoms with Crippen molar-refractivity contribution in [1.29, 1.82) is 0 Å². The van der Waals surface area contributed by atoms with Crippen molar-refractivity contribution in [3.63, 3.8) is 0 Å². The Morgan fingerprint density at radius 3 is 2.46 bits per heavy atom. The van der Waals surface area contributed by atoms with E-state index < -0.39 is 10.2 Å². The van der Waals surface area contributed by atoms with Crippen LogP contribution in [0.25, 0.3) is 0 Å². The first-order valence-electron chi connectivity index (χ1n) is 4.58. The average molecular weight is 210 g/mol. The quantitative estimate of drug-likeness (QED) is 0.660. The summed E-state index contributed by atoms with van der Waals surface area (Å²) >= 11 is 0. The molecular formula is C8H15FO3S. The molecule has 0 unspecified atom stereocenters. The first-order chi connectivity index (χ1) is 6.08. The van der Waals surface area contributed by atoms with Crippen molar-refractivity contribution in [2.24, 2.45) is 5.92 Å². The highest BCUT2D eigenvalue weighted by Crippen LogP contribution is 2.20. The Kier molecular flexibility index (Phi) is 4.12. The maximum atomic E-state index is 12.1. The lowest BCUT2D eigenvalue weighted by Gasteiger charge is -2.21. The van der Waals surface area contributed by atoms with E-state index in [9.17, 15) is 12.3 Å². The molecule has 1 aliphatic rings. The van der Waals surface area contributed by atoms with Gasteiger partial charge in [0.2, 0.25) is 0 Å². The van der Waals surface area contributed by atoms with Crippen molar-refractivity contribution < 1.29 is 17.0 Å². The van der Waals surface area contributed by atoms with Crippen LogP contribution in [0.15, 0.2) is 0 Å². The highest BCUT2D eigenvalue weighted by atomic mass is 32.3. The predicted octanol–water partition coefficient (Wildman–Crippen LogP) is 1.49. The first kappa shape index (κ1) is 10.9. The molecule has 0 atom stereocenters. The fourth-order valence-electron chi connectivity index (χ4n) is 1.58. The van der Waals surface area contributed by atoms with E-state index in [0.717, 1.165) is 32.5 Å². The largest absolute Gasteiger partial charge is 0.381 e. The molecule has 0 bridgehead atoms. The van der Waals surface area contributed by atoms with Gasteiger partial charge in [-0.25, -0.2) is 0 Å². The molecular weight excluding hydrogens is 195 g/mol. The van der Waals surface area contributed by atoms with Gasteiger partial charge in [0.25, 0.3) is 0 Å². The van der Waals surface area contributed by atoms with Gasteiger partial charge in [-0.2, -0.15) is 8.42 Å². The van der Waals surface area contributed by atoms with Gasteiger partial charge in [-0.15, -0.1) is 3.89 Å². The zero-order valence-electron chi connectivity index (χ0n) is 7.54. The average Bonchev–Trinajstić information content (AvgIpc) is 2.04. The third-order valence-corrected chi connectivity index (χ3v) is 3.12. The second kappa shape index (κ2) is 4.91. The monoisotopic (exact) mass is 210 g/mol. The first-order valence-corrected chi connectivity index (χ1v) is 6.13. The van der Waals surface area contributed by atoms with Crippen LogP contribution < -0.4 is 0 Å². The van der Waals surface area contributed by atoms with Gasteiger partial charge in [0.05, 0.1) is 5.75 Å². The number of rotatable bonds is 4. The van der Waals surface area contributed by atoms with Crippen molar-refractivity contribution in [2.75, 3.05) is 19.0 Å². The molecule has 1 fully saturated rings. The van der Waals surface area contributed by atoms with Gasteiger partial charge in [-0.1, -0.05) is 0 Å². The van der Waals surface area contributed by atoms with Crippen molar-refractivity contribution in [1.82, 2.24) is 0 Å². The van der Waals surface area contributed by atoms with E-state index in [-0.39, 0.29) is 5.75 Å². The van der Waals surface area contributed by atoms with Crippen LogP contribution in [0, 0.1) is 5.92 Å². The Hall–Kier alpha value is -0.160. The summed E-state index contributed by atoms with van der Waals surface area (Å²) in [5, 5.41) is 0. The predicted molar refractivity (Wildman–Crippen MR) is 47.7 cm³/mol. The third-order valence-electron chi connectivity index (χ3n) is 2.34. The molecule has 0 radical (unpaired) electrons. The molecule has 78 valence electrons. The minimum Gasteiger partial charge on any atom is -0.381 e. The molecule has 0 aromatic carbocycles. The zero-order valence-corrected chi connectivity index (χ0v) is 8.35. The van der Waals surface area contributed by atoms with Gasteiger partial charge in [-0.05, 0) is 31.6 Å². The van der Waals surface area contributed by atoms with Gasteiger partial charge < -0.3 is 4.74 Å². The summed E-state index contributed by atoms with van der Waals surface area (Å²) in [7, 11) is -4.26. The lowest BCUT2D eigenvalue weighted by Crippen LogP contribution is -2.16. The van der Waals surface area contributed by atoms with Crippen molar-refractivity contribution in [3.8, 4) is 0 Å². The number of ether oxygens (including phenoxy) is 1. The molecule has 1 rings (SSSR count). The fourth-order valence-corrected chi connectivity index (χ4v) is 2.09. The molecule has 0 aromatic rings. The molecule has 1 saturated heterocycles. The standard InChI is InChI=1S/C8H15FO3S/c9-13(10,11)7-1-2-8-3-5-12-6-4-8/h8H,1-7H2. The summed E-state index contributed by atoms with van der Waals surface area (Å²) < 4.78 is 37.6. The maximum absolute atomic E-state index is 12.1. The second-order valence-electron chi connectivity index (χ2n) is 3.44. The summed E-state index contributed by atoms with van der Waals surface area (Å²) in [6, 6.07) is 0. The van der Waals surface area contributed by atoms with E-state index >= 15 is 0 Å². The molecule has 0 amide bonds. The summed E-state index contributed by atoms with van der Waals surface area (Å²) in [5.74, 6) is 0.195. The molecule has 0 saturated carbocycles. The van der Waals surface area contributed by atoms with Gasteiger partial charge in [-0.3, -0.25) is 0 Å². The smallest absolute Gasteiger partial charge is 0.302 e. The van der Waals surface area contributed by atoms with Crippen LogP contribution in [0.5, 0.6) is 0 Å². The van der Waals surface area contributed by atoms with E-state index in [2.05, 4.69) is 0 Å². The molecule has 0 aromatic heterocycles. The zero-order chi connectivity index (χ0) is 9.73. The Bertz CT molecular complexity index is 232. The van der Waals surface area contributed by atoms with Crippen molar-refractivity contribution in [2.45, 2.75) is 25.7 Å². The third kappa shape index (κ3) is 5.21. The van der Waals surface area contributed by atoms with Crippen LogP contribution in [0.3, 0.4) is 0 Å². The van der Waals surface area contributed by atoms with Crippen LogP contribution in [0.4, 0.5) is 3.89 Å². The molecule has 0 N–H and O–H groups in total. The molecule has 1 heterocycles.